The Morgan fingerprint density at radius 3 is 2.74 bits per heavy atom. The summed E-state index contributed by atoms with van der Waals surface area (Å²) in [5.74, 6) is 0.954. The molecule has 0 radical (unpaired) electrons. The number of likely N-dealkylation sites (tertiary alicyclic amines) is 1. The Balaban J connectivity index is 1.50. The summed E-state index contributed by atoms with van der Waals surface area (Å²) in [5.41, 5.74) is 1.93. The number of nitrogens with zero attached hydrogens (tertiary/aromatic N) is 3. The largest absolute Gasteiger partial charge is 0.339 e. The van der Waals surface area contributed by atoms with Crippen molar-refractivity contribution < 1.29 is 4.79 Å². The number of carbonyl (C=O) groups is 1. The van der Waals surface area contributed by atoms with Crippen LogP contribution in [-0.2, 0) is 4.79 Å². The zero-order chi connectivity index (χ0) is 21.4. The number of rotatable bonds is 6. The number of para-hydroxylation sites is 1. The number of fused-ring (bicyclic) bond motifs is 1. The highest BCUT2D eigenvalue weighted by Crippen LogP contribution is 2.44. The van der Waals surface area contributed by atoms with Gasteiger partial charge in [0.15, 0.2) is 5.16 Å². The molecule has 2 aromatic heterocycles. The van der Waals surface area contributed by atoms with Crippen LogP contribution in [0.5, 0.6) is 0 Å². The third-order valence-corrected chi connectivity index (χ3v) is 8.19. The van der Waals surface area contributed by atoms with Crippen LogP contribution in [0.25, 0.3) is 15.9 Å². The predicted octanol–water partition coefficient (Wildman–Crippen LogP) is 5.21. The molecule has 5 rings (SSSR count). The molecule has 31 heavy (non-hydrogen) atoms. The van der Waals surface area contributed by atoms with Crippen molar-refractivity contribution in [2.24, 2.45) is 0 Å². The first-order chi connectivity index (χ1) is 15.2. The third kappa shape index (κ3) is 4.05. The lowest BCUT2D eigenvalue weighted by molar-refractivity contribution is -0.132. The summed E-state index contributed by atoms with van der Waals surface area (Å²) in [6, 6.07) is 10.0. The van der Waals surface area contributed by atoms with E-state index >= 15 is 0 Å². The van der Waals surface area contributed by atoms with Crippen molar-refractivity contribution in [1.82, 2.24) is 14.5 Å². The zero-order valence-electron chi connectivity index (χ0n) is 17.8. The van der Waals surface area contributed by atoms with Gasteiger partial charge >= 0.3 is 0 Å². The van der Waals surface area contributed by atoms with E-state index < -0.39 is 0 Å². The van der Waals surface area contributed by atoms with Crippen LogP contribution in [0, 0.1) is 0 Å². The molecule has 2 fully saturated rings. The summed E-state index contributed by atoms with van der Waals surface area (Å²) in [7, 11) is 0. The molecule has 2 aliphatic rings. The Hall–Kier alpha value is -2.12. The fourth-order valence-corrected chi connectivity index (χ4v) is 6.51. The lowest BCUT2D eigenvalue weighted by atomic mass is 10.0. The maximum Gasteiger partial charge on any atom is 0.267 e. The maximum atomic E-state index is 13.6. The van der Waals surface area contributed by atoms with Crippen LogP contribution >= 0.6 is 23.1 Å². The van der Waals surface area contributed by atoms with Crippen molar-refractivity contribution in [3.8, 4) is 5.69 Å². The number of hydrogen-bond acceptors (Lipinski definition) is 5. The molecule has 1 aromatic carbocycles. The molecule has 3 heterocycles. The van der Waals surface area contributed by atoms with E-state index in [0.29, 0.717) is 22.9 Å². The quantitative estimate of drug-likeness (QED) is 0.380. The summed E-state index contributed by atoms with van der Waals surface area (Å²) < 4.78 is 1.70. The smallest absolute Gasteiger partial charge is 0.267 e. The van der Waals surface area contributed by atoms with E-state index in [1.807, 2.05) is 35.2 Å². The fraction of sp³-hybridized carbons (Fsp3) is 0.458. The highest BCUT2D eigenvalue weighted by molar-refractivity contribution is 7.99. The van der Waals surface area contributed by atoms with E-state index in [2.05, 4.69) is 12.3 Å². The van der Waals surface area contributed by atoms with E-state index in [0.717, 1.165) is 60.1 Å². The van der Waals surface area contributed by atoms with Crippen LogP contribution in [0.3, 0.4) is 0 Å². The molecule has 1 saturated carbocycles. The zero-order valence-corrected chi connectivity index (χ0v) is 19.4. The normalized spacial score (nSPS) is 19.1. The standard InChI is InChI=1S/C24H27N3O2S2/c1-2-17-8-6-7-13-26(17)20(28)15-31-24-25-22-21(19(14-30-22)16-11-12-16)23(29)27(24)18-9-4-3-5-10-18/h3-5,9-10,14,16-17H,2,6-8,11-13,15H2,1H3. The molecule has 1 aliphatic heterocycles. The number of aromatic nitrogens is 2. The molecule has 1 amide bonds. The van der Waals surface area contributed by atoms with Gasteiger partial charge < -0.3 is 4.90 Å². The minimum absolute atomic E-state index is 0.0151. The molecule has 0 N–H and O–H groups in total. The number of thioether (sulfide) groups is 1. The van der Waals surface area contributed by atoms with Crippen molar-refractivity contribution in [2.75, 3.05) is 12.3 Å². The molecule has 7 heteroatoms. The van der Waals surface area contributed by atoms with Gasteiger partial charge in [0.2, 0.25) is 5.91 Å². The highest BCUT2D eigenvalue weighted by Gasteiger charge is 2.30. The third-order valence-electron chi connectivity index (χ3n) is 6.38. The number of thiophene rings is 1. The van der Waals surface area contributed by atoms with Crippen LogP contribution in [0.2, 0.25) is 0 Å². The van der Waals surface area contributed by atoms with Gasteiger partial charge in [-0.25, -0.2) is 4.98 Å². The van der Waals surface area contributed by atoms with E-state index in [9.17, 15) is 9.59 Å². The van der Waals surface area contributed by atoms with E-state index in [1.54, 1.807) is 15.9 Å². The summed E-state index contributed by atoms with van der Waals surface area (Å²) in [6.07, 6.45) is 6.65. The molecule has 0 spiro atoms. The second-order valence-electron chi connectivity index (χ2n) is 8.45. The number of benzene rings is 1. The van der Waals surface area contributed by atoms with Gasteiger partial charge in [0.1, 0.15) is 4.83 Å². The molecular weight excluding hydrogens is 426 g/mol. The Kier molecular flexibility index (Phi) is 5.89. The van der Waals surface area contributed by atoms with Crippen molar-refractivity contribution in [3.05, 3.63) is 51.6 Å². The molecule has 5 nitrogen and oxygen atoms in total. The summed E-state index contributed by atoms with van der Waals surface area (Å²) >= 11 is 2.93. The summed E-state index contributed by atoms with van der Waals surface area (Å²) in [5, 5.41) is 3.46. The molecular formula is C24H27N3O2S2. The fourth-order valence-electron chi connectivity index (χ4n) is 4.55. The van der Waals surface area contributed by atoms with Crippen molar-refractivity contribution in [3.63, 3.8) is 0 Å². The lowest BCUT2D eigenvalue weighted by Gasteiger charge is -2.35. The minimum atomic E-state index is -0.0151. The average Bonchev–Trinajstić information content (AvgIpc) is 3.57. The highest BCUT2D eigenvalue weighted by atomic mass is 32.2. The van der Waals surface area contributed by atoms with Gasteiger partial charge in [0.05, 0.1) is 16.8 Å². The van der Waals surface area contributed by atoms with Gasteiger partial charge in [-0.05, 0) is 67.5 Å². The van der Waals surface area contributed by atoms with E-state index in [-0.39, 0.29) is 11.5 Å². The van der Waals surface area contributed by atoms with E-state index in [1.165, 1.54) is 18.2 Å². The molecule has 1 atom stereocenters. The molecule has 162 valence electrons. The van der Waals surface area contributed by atoms with Crippen LogP contribution < -0.4 is 5.56 Å². The van der Waals surface area contributed by atoms with Crippen molar-refractivity contribution in [1.29, 1.82) is 0 Å². The van der Waals surface area contributed by atoms with Crippen LogP contribution in [-0.4, -0.2) is 38.7 Å². The van der Waals surface area contributed by atoms with Gasteiger partial charge in [0, 0.05) is 12.6 Å². The lowest BCUT2D eigenvalue weighted by Crippen LogP contribution is -2.44. The Morgan fingerprint density at radius 2 is 2.00 bits per heavy atom. The van der Waals surface area contributed by atoms with Crippen LogP contribution in [0.4, 0.5) is 0 Å². The first-order valence-electron chi connectivity index (χ1n) is 11.2. The first kappa shape index (κ1) is 20.8. The second kappa shape index (κ2) is 8.79. The number of amides is 1. The molecule has 1 aliphatic carbocycles. The summed E-state index contributed by atoms with van der Waals surface area (Å²) in [6.45, 7) is 2.99. The molecule has 1 saturated heterocycles. The number of hydrogen-bond donors (Lipinski definition) is 0. The predicted molar refractivity (Wildman–Crippen MR) is 128 cm³/mol. The van der Waals surface area contributed by atoms with Crippen LogP contribution in [0.1, 0.15) is 56.9 Å². The molecule has 1 unspecified atom stereocenters. The first-order valence-corrected chi connectivity index (χ1v) is 13.1. The Morgan fingerprint density at radius 1 is 1.19 bits per heavy atom. The van der Waals surface area contributed by atoms with Gasteiger partial charge in [-0.1, -0.05) is 36.9 Å². The average molecular weight is 454 g/mol. The molecule has 3 aromatic rings. The second-order valence-corrected chi connectivity index (χ2v) is 10.3. The van der Waals surface area contributed by atoms with Gasteiger partial charge in [-0.15, -0.1) is 11.3 Å². The van der Waals surface area contributed by atoms with Crippen LogP contribution in [0.15, 0.2) is 45.7 Å². The van der Waals surface area contributed by atoms with Crippen molar-refractivity contribution >= 4 is 39.2 Å². The number of piperidine rings is 1. The Bertz CT molecular complexity index is 1150. The Labute approximate surface area is 190 Å². The van der Waals surface area contributed by atoms with Crippen molar-refractivity contribution in [2.45, 2.75) is 62.6 Å². The minimum Gasteiger partial charge on any atom is -0.339 e. The SMILES string of the molecule is CCC1CCCCN1C(=O)CSc1nc2scc(C3CC3)c2c(=O)n1-c1ccccc1. The van der Waals surface area contributed by atoms with Gasteiger partial charge in [-0.2, -0.15) is 0 Å². The topological polar surface area (TPSA) is 55.2 Å². The van der Waals surface area contributed by atoms with E-state index in [4.69, 9.17) is 4.98 Å². The maximum absolute atomic E-state index is 13.6. The number of carbonyl (C=O) groups excluding carboxylic acids is 1. The van der Waals surface area contributed by atoms with Gasteiger partial charge in [-0.3, -0.25) is 14.2 Å². The van der Waals surface area contributed by atoms with Gasteiger partial charge in [0.25, 0.3) is 5.56 Å². The molecule has 0 bridgehead atoms. The monoisotopic (exact) mass is 453 g/mol. The summed E-state index contributed by atoms with van der Waals surface area (Å²) in [4.78, 5) is 34.4.